The molecule has 1 atom stereocenters. The van der Waals surface area contributed by atoms with E-state index >= 15 is 0 Å². The van der Waals surface area contributed by atoms with Crippen LogP contribution in [0.1, 0.15) is 30.1 Å². The van der Waals surface area contributed by atoms with Gasteiger partial charge in [-0.3, -0.25) is 9.59 Å². The fourth-order valence-corrected chi connectivity index (χ4v) is 3.38. The Bertz CT molecular complexity index is 744. The molecule has 1 heterocycles. The van der Waals surface area contributed by atoms with E-state index < -0.39 is 9.84 Å². The number of carbonyl (C=O) groups is 2. The Labute approximate surface area is 160 Å². The second-order valence-electron chi connectivity index (χ2n) is 6.49. The van der Waals surface area contributed by atoms with E-state index in [0.29, 0.717) is 44.6 Å². The normalized spacial score (nSPS) is 16.0. The quantitative estimate of drug-likeness (QED) is 0.787. The molecule has 1 aromatic carbocycles. The number of carbonyl (C=O) groups excluding carboxylic acids is 2. The van der Waals surface area contributed by atoms with Gasteiger partial charge in [0.2, 0.25) is 5.91 Å². The molecule has 9 heteroatoms. The van der Waals surface area contributed by atoms with Crippen molar-refractivity contribution in [1.82, 2.24) is 9.80 Å². The molecule has 0 radical (unpaired) electrons. The monoisotopic (exact) mass is 403 g/mol. The predicted octanol–water partition coefficient (Wildman–Crippen LogP) is 0.924. The highest BCUT2D eigenvalue weighted by molar-refractivity contribution is 7.90. The second-order valence-corrected chi connectivity index (χ2v) is 8.50. The zero-order chi connectivity index (χ0) is 18.6. The van der Waals surface area contributed by atoms with E-state index in [1.54, 1.807) is 21.9 Å². The molecule has 0 spiro atoms. The van der Waals surface area contributed by atoms with Crippen LogP contribution in [0.5, 0.6) is 0 Å². The summed E-state index contributed by atoms with van der Waals surface area (Å²) in [6.45, 7) is 3.71. The van der Waals surface area contributed by atoms with Crippen LogP contribution in [0.3, 0.4) is 0 Å². The summed E-state index contributed by atoms with van der Waals surface area (Å²) in [6.07, 6.45) is 2.18. The lowest BCUT2D eigenvalue weighted by molar-refractivity contribution is -0.132. The van der Waals surface area contributed by atoms with Crippen LogP contribution in [-0.4, -0.2) is 68.5 Å². The summed E-state index contributed by atoms with van der Waals surface area (Å²) in [5.74, 6) is -0.156. The van der Waals surface area contributed by atoms with Crippen molar-refractivity contribution < 1.29 is 18.0 Å². The average molecular weight is 404 g/mol. The first-order chi connectivity index (χ1) is 11.7. The lowest BCUT2D eigenvalue weighted by Crippen LogP contribution is -2.50. The number of piperazine rings is 1. The molecular weight excluding hydrogens is 378 g/mol. The van der Waals surface area contributed by atoms with E-state index in [0.717, 1.165) is 6.26 Å². The third-order valence-corrected chi connectivity index (χ3v) is 5.35. The van der Waals surface area contributed by atoms with Crippen molar-refractivity contribution >= 4 is 34.1 Å². The lowest BCUT2D eigenvalue weighted by Gasteiger charge is -2.35. The molecule has 146 valence electrons. The molecule has 7 nitrogen and oxygen atoms in total. The Morgan fingerprint density at radius 1 is 1.15 bits per heavy atom. The smallest absolute Gasteiger partial charge is 0.254 e. The maximum atomic E-state index is 12.6. The molecule has 0 aromatic heterocycles. The van der Waals surface area contributed by atoms with E-state index in [1.807, 2.05) is 6.92 Å². The van der Waals surface area contributed by atoms with Gasteiger partial charge in [-0.25, -0.2) is 8.42 Å². The second kappa shape index (κ2) is 9.34. The zero-order valence-corrected chi connectivity index (χ0v) is 16.7. The highest BCUT2D eigenvalue weighted by Gasteiger charge is 2.25. The van der Waals surface area contributed by atoms with Crippen molar-refractivity contribution in [3.63, 3.8) is 0 Å². The third-order valence-electron chi connectivity index (χ3n) is 4.24. The number of halogens is 1. The number of hydrogen-bond donors (Lipinski definition) is 1. The molecule has 1 aliphatic heterocycles. The predicted molar refractivity (Wildman–Crippen MR) is 102 cm³/mol. The number of sulfone groups is 1. The van der Waals surface area contributed by atoms with Gasteiger partial charge in [-0.2, -0.15) is 0 Å². The van der Waals surface area contributed by atoms with Gasteiger partial charge in [0.15, 0.2) is 9.84 Å². The van der Waals surface area contributed by atoms with E-state index in [2.05, 4.69) is 0 Å². The van der Waals surface area contributed by atoms with Crippen LogP contribution in [-0.2, 0) is 14.6 Å². The Balaban J connectivity index is 0.00000338. The van der Waals surface area contributed by atoms with Gasteiger partial charge >= 0.3 is 0 Å². The molecule has 26 heavy (non-hydrogen) atoms. The van der Waals surface area contributed by atoms with Gasteiger partial charge in [-0.1, -0.05) is 6.07 Å². The molecule has 1 saturated heterocycles. The largest absolute Gasteiger partial charge is 0.339 e. The van der Waals surface area contributed by atoms with Crippen LogP contribution >= 0.6 is 12.4 Å². The van der Waals surface area contributed by atoms with Crippen molar-refractivity contribution in [2.45, 2.75) is 30.7 Å². The number of amides is 2. The number of nitrogens with zero attached hydrogens (tertiary/aromatic N) is 2. The first kappa shape index (κ1) is 22.4. The van der Waals surface area contributed by atoms with Crippen molar-refractivity contribution in [2.75, 3.05) is 32.4 Å². The molecule has 2 N–H and O–H groups in total. The molecule has 1 unspecified atom stereocenters. The summed E-state index contributed by atoms with van der Waals surface area (Å²) >= 11 is 0. The lowest BCUT2D eigenvalue weighted by atomic mass is 10.1. The Morgan fingerprint density at radius 3 is 2.27 bits per heavy atom. The molecular formula is C17H26ClN3O4S. The standard InChI is InChI=1S/C17H25N3O4S.ClH/c1-13(18)6-7-16(21)19-8-10-20(11-9-19)17(22)14-4-3-5-15(12-14)25(2,23)24;/h3-5,12-13H,6-11,18H2,1-2H3;1H. The topological polar surface area (TPSA) is 101 Å². The number of nitrogens with two attached hydrogens (primary N) is 1. The molecule has 1 fully saturated rings. The molecule has 1 aliphatic rings. The van der Waals surface area contributed by atoms with Crippen molar-refractivity contribution in [3.05, 3.63) is 29.8 Å². The highest BCUT2D eigenvalue weighted by Crippen LogP contribution is 2.15. The summed E-state index contributed by atoms with van der Waals surface area (Å²) < 4.78 is 23.3. The molecule has 0 aliphatic carbocycles. The van der Waals surface area contributed by atoms with Gasteiger partial charge in [-0.05, 0) is 31.5 Å². The van der Waals surface area contributed by atoms with Crippen molar-refractivity contribution in [1.29, 1.82) is 0 Å². The molecule has 2 amide bonds. The van der Waals surface area contributed by atoms with Gasteiger partial charge in [0.25, 0.3) is 5.91 Å². The van der Waals surface area contributed by atoms with E-state index in [-0.39, 0.29) is 35.2 Å². The first-order valence-corrected chi connectivity index (χ1v) is 10.2. The number of benzene rings is 1. The minimum atomic E-state index is -3.36. The van der Waals surface area contributed by atoms with Crippen LogP contribution in [0.2, 0.25) is 0 Å². The molecule has 0 bridgehead atoms. The maximum absolute atomic E-state index is 12.6. The summed E-state index contributed by atoms with van der Waals surface area (Å²) in [7, 11) is -3.36. The van der Waals surface area contributed by atoms with Crippen LogP contribution < -0.4 is 5.73 Å². The third kappa shape index (κ3) is 5.96. The van der Waals surface area contributed by atoms with Crippen molar-refractivity contribution in [3.8, 4) is 0 Å². The summed E-state index contributed by atoms with van der Waals surface area (Å²) in [5, 5.41) is 0. The first-order valence-electron chi connectivity index (χ1n) is 8.31. The maximum Gasteiger partial charge on any atom is 0.254 e. The molecule has 1 aromatic rings. The van der Waals surface area contributed by atoms with Crippen LogP contribution in [0.25, 0.3) is 0 Å². The average Bonchev–Trinajstić information content (AvgIpc) is 2.58. The summed E-state index contributed by atoms with van der Waals surface area (Å²) in [5.41, 5.74) is 6.02. The Morgan fingerprint density at radius 2 is 1.73 bits per heavy atom. The molecule has 0 saturated carbocycles. The Kier molecular flexibility index (Phi) is 8.05. The van der Waals surface area contributed by atoms with Crippen LogP contribution in [0, 0.1) is 0 Å². The van der Waals surface area contributed by atoms with E-state index in [4.69, 9.17) is 5.73 Å². The summed E-state index contributed by atoms with van der Waals surface area (Å²) in [4.78, 5) is 28.2. The minimum Gasteiger partial charge on any atom is -0.339 e. The molecule has 2 rings (SSSR count). The van der Waals surface area contributed by atoms with Crippen LogP contribution in [0.15, 0.2) is 29.2 Å². The van der Waals surface area contributed by atoms with Crippen molar-refractivity contribution in [2.24, 2.45) is 5.73 Å². The Hall–Kier alpha value is -1.64. The SMILES string of the molecule is CC(N)CCC(=O)N1CCN(C(=O)c2cccc(S(C)(=O)=O)c2)CC1.Cl. The van der Waals surface area contributed by atoms with Gasteiger partial charge in [-0.15, -0.1) is 12.4 Å². The number of hydrogen-bond acceptors (Lipinski definition) is 5. The summed E-state index contributed by atoms with van der Waals surface area (Å²) in [6, 6.07) is 6.04. The minimum absolute atomic E-state index is 0. The van der Waals surface area contributed by atoms with Crippen LogP contribution in [0.4, 0.5) is 0 Å². The van der Waals surface area contributed by atoms with E-state index in [1.165, 1.54) is 12.1 Å². The fourth-order valence-electron chi connectivity index (χ4n) is 2.71. The van der Waals surface area contributed by atoms with Gasteiger partial charge < -0.3 is 15.5 Å². The van der Waals surface area contributed by atoms with Gasteiger partial charge in [0, 0.05) is 50.5 Å². The van der Waals surface area contributed by atoms with Gasteiger partial charge in [0.1, 0.15) is 0 Å². The van der Waals surface area contributed by atoms with E-state index in [9.17, 15) is 18.0 Å². The number of rotatable bonds is 5. The fraction of sp³-hybridized carbons (Fsp3) is 0.529. The zero-order valence-electron chi connectivity index (χ0n) is 15.1. The van der Waals surface area contributed by atoms with Gasteiger partial charge in [0.05, 0.1) is 4.90 Å². The highest BCUT2D eigenvalue weighted by atomic mass is 35.5.